The molecule has 0 radical (unpaired) electrons. The number of nitrogens with one attached hydrogen (secondary N) is 3. The molecule has 1 aromatic carbocycles. The van der Waals surface area contributed by atoms with E-state index >= 15 is 0 Å². The smallest absolute Gasteiger partial charge is 0.255 e. The molecule has 2 heterocycles. The highest BCUT2D eigenvalue weighted by molar-refractivity contribution is 6.02. The summed E-state index contributed by atoms with van der Waals surface area (Å²) in [7, 11) is 0. The number of benzene rings is 1. The largest absolute Gasteiger partial charge is 0.376 e. The zero-order chi connectivity index (χ0) is 18.4. The van der Waals surface area contributed by atoms with Crippen molar-refractivity contribution >= 4 is 17.5 Å². The average Bonchev–Trinajstić information content (AvgIpc) is 3.20. The van der Waals surface area contributed by atoms with Gasteiger partial charge in [-0.1, -0.05) is 12.1 Å². The summed E-state index contributed by atoms with van der Waals surface area (Å²) in [5.74, 6) is 0.788. The number of hydrogen-bond acceptors (Lipinski definition) is 4. The van der Waals surface area contributed by atoms with E-state index in [0.29, 0.717) is 18.0 Å². The lowest BCUT2D eigenvalue weighted by molar-refractivity contribution is -0.132. The predicted octanol–water partition coefficient (Wildman–Crippen LogP) is 2.27. The molecule has 1 saturated heterocycles. The molecular weight excluding hydrogens is 342 g/mol. The molecule has 3 N–H and O–H groups in total. The lowest BCUT2D eigenvalue weighted by Crippen LogP contribution is -2.68. The van der Waals surface area contributed by atoms with Crippen molar-refractivity contribution in [3.63, 3.8) is 0 Å². The zero-order valence-electron chi connectivity index (χ0n) is 15.5. The molecule has 0 aromatic heterocycles. The second-order valence-electron chi connectivity index (χ2n) is 8.56. The van der Waals surface area contributed by atoms with Crippen LogP contribution in [0.1, 0.15) is 48.9 Å². The van der Waals surface area contributed by atoms with Crippen molar-refractivity contribution in [1.29, 1.82) is 0 Å². The van der Waals surface area contributed by atoms with Gasteiger partial charge in [0.15, 0.2) is 0 Å². The van der Waals surface area contributed by atoms with E-state index in [1.807, 2.05) is 24.3 Å². The molecule has 5 aliphatic rings. The van der Waals surface area contributed by atoms with Crippen molar-refractivity contribution < 1.29 is 14.3 Å². The van der Waals surface area contributed by atoms with Gasteiger partial charge in [0.1, 0.15) is 5.66 Å². The van der Waals surface area contributed by atoms with Gasteiger partial charge in [-0.05, 0) is 56.6 Å². The number of hydrogen-bond donors (Lipinski definition) is 3. The Labute approximate surface area is 159 Å². The van der Waals surface area contributed by atoms with E-state index in [0.717, 1.165) is 50.8 Å². The van der Waals surface area contributed by atoms with Crippen molar-refractivity contribution in [2.75, 3.05) is 18.5 Å². The van der Waals surface area contributed by atoms with Crippen LogP contribution in [-0.2, 0) is 9.53 Å². The molecule has 1 spiro atoms. The molecule has 2 amide bonds. The van der Waals surface area contributed by atoms with Crippen molar-refractivity contribution in [3.05, 3.63) is 29.8 Å². The molecule has 3 aliphatic carbocycles. The highest BCUT2D eigenvalue weighted by atomic mass is 16.5. The molecule has 2 aliphatic heterocycles. The summed E-state index contributed by atoms with van der Waals surface area (Å²) in [5, 5.41) is 10.0. The SMILES string of the molecule is O=C1N[C@@]2(C[C@@H]3CC[C@H]2C[C@@H]3C(=O)NC[C@@H]2CCCO2)Nc2ccccc21. The minimum Gasteiger partial charge on any atom is -0.376 e. The van der Waals surface area contributed by atoms with Crippen LogP contribution in [0.15, 0.2) is 24.3 Å². The fraction of sp³-hybridized carbons (Fsp3) is 0.619. The van der Waals surface area contributed by atoms with E-state index in [-0.39, 0.29) is 29.8 Å². The Hall–Kier alpha value is -2.08. The Balaban J connectivity index is 1.29. The molecule has 0 unspecified atom stereocenters. The number of amides is 2. The minimum absolute atomic E-state index is 0.00344. The second kappa shape index (κ2) is 6.51. The summed E-state index contributed by atoms with van der Waals surface area (Å²) in [4.78, 5) is 25.5. The highest BCUT2D eigenvalue weighted by Crippen LogP contribution is 2.51. The van der Waals surface area contributed by atoms with Crippen LogP contribution in [0.5, 0.6) is 0 Å². The van der Waals surface area contributed by atoms with Gasteiger partial charge in [-0.15, -0.1) is 0 Å². The maximum atomic E-state index is 12.8. The standard InChI is InChI=1S/C21H27N3O3/c25-19(22-12-15-4-3-9-27-15)17-10-14-8-7-13(17)11-21(14)23-18-6-2-1-5-16(18)20(26)24-21/h1-2,5-6,13-15,17,23H,3-4,7-12H2,(H,22,25)(H,24,26)/t13-,14-,15-,17-,21+/m0/s1. The van der Waals surface area contributed by atoms with E-state index in [9.17, 15) is 9.59 Å². The number of rotatable bonds is 3. The van der Waals surface area contributed by atoms with Crippen molar-refractivity contribution in [3.8, 4) is 0 Å². The molecule has 27 heavy (non-hydrogen) atoms. The van der Waals surface area contributed by atoms with Gasteiger partial charge in [-0.2, -0.15) is 0 Å². The molecular formula is C21H27N3O3. The summed E-state index contributed by atoms with van der Waals surface area (Å²) < 4.78 is 5.62. The van der Waals surface area contributed by atoms with Crippen LogP contribution in [0.2, 0.25) is 0 Å². The molecule has 3 saturated carbocycles. The van der Waals surface area contributed by atoms with Crippen LogP contribution in [0.4, 0.5) is 5.69 Å². The van der Waals surface area contributed by atoms with Crippen LogP contribution in [0, 0.1) is 17.8 Å². The Morgan fingerprint density at radius 1 is 1.22 bits per heavy atom. The number of para-hydroxylation sites is 1. The van der Waals surface area contributed by atoms with E-state index < -0.39 is 5.66 Å². The van der Waals surface area contributed by atoms with Gasteiger partial charge in [0.2, 0.25) is 5.91 Å². The second-order valence-corrected chi connectivity index (χ2v) is 8.56. The number of anilines is 1. The fourth-order valence-corrected chi connectivity index (χ4v) is 5.62. The minimum atomic E-state index is -0.403. The first-order valence-electron chi connectivity index (χ1n) is 10.2. The molecule has 6 rings (SSSR count). The van der Waals surface area contributed by atoms with Crippen LogP contribution in [0.25, 0.3) is 0 Å². The van der Waals surface area contributed by atoms with Gasteiger partial charge >= 0.3 is 0 Å². The maximum absolute atomic E-state index is 12.8. The number of carbonyl (C=O) groups excluding carboxylic acids is 2. The molecule has 144 valence electrons. The van der Waals surface area contributed by atoms with Crippen LogP contribution in [0.3, 0.4) is 0 Å². The first-order valence-corrected chi connectivity index (χ1v) is 10.2. The topological polar surface area (TPSA) is 79.5 Å². The number of ether oxygens (including phenoxy) is 1. The van der Waals surface area contributed by atoms with Gasteiger partial charge < -0.3 is 20.7 Å². The van der Waals surface area contributed by atoms with E-state index in [1.54, 1.807) is 0 Å². The maximum Gasteiger partial charge on any atom is 0.255 e. The highest BCUT2D eigenvalue weighted by Gasteiger charge is 2.55. The van der Waals surface area contributed by atoms with Crippen molar-refractivity contribution in [2.24, 2.45) is 17.8 Å². The number of carbonyl (C=O) groups is 2. The van der Waals surface area contributed by atoms with Gasteiger partial charge in [0.05, 0.1) is 11.7 Å². The molecule has 1 aromatic rings. The third-order valence-electron chi connectivity index (χ3n) is 7.01. The van der Waals surface area contributed by atoms with E-state index in [4.69, 9.17) is 4.74 Å². The first-order chi connectivity index (χ1) is 13.1. The Kier molecular flexibility index (Phi) is 4.11. The number of fused-ring (bicyclic) bond motifs is 3. The van der Waals surface area contributed by atoms with E-state index in [1.165, 1.54) is 0 Å². The quantitative estimate of drug-likeness (QED) is 0.764. The van der Waals surface area contributed by atoms with Gasteiger partial charge in [0, 0.05) is 30.7 Å². The third-order valence-corrected chi connectivity index (χ3v) is 7.01. The van der Waals surface area contributed by atoms with Gasteiger partial charge in [-0.3, -0.25) is 9.59 Å². The molecule has 2 bridgehead atoms. The van der Waals surface area contributed by atoms with Crippen molar-refractivity contribution in [2.45, 2.75) is 50.3 Å². The van der Waals surface area contributed by atoms with Crippen LogP contribution in [-0.4, -0.2) is 36.7 Å². The summed E-state index contributed by atoms with van der Waals surface area (Å²) in [6.07, 6.45) is 6.06. The lowest BCUT2D eigenvalue weighted by atomic mass is 9.58. The first kappa shape index (κ1) is 17.0. The fourth-order valence-electron chi connectivity index (χ4n) is 5.62. The van der Waals surface area contributed by atoms with Crippen molar-refractivity contribution in [1.82, 2.24) is 10.6 Å². The van der Waals surface area contributed by atoms with Gasteiger partial charge in [-0.25, -0.2) is 0 Å². The lowest BCUT2D eigenvalue weighted by Gasteiger charge is -2.56. The van der Waals surface area contributed by atoms with Crippen LogP contribution >= 0.6 is 0 Å². The Bertz CT molecular complexity index is 761. The van der Waals surface area contributed by atoms with Crippen LogP contribution < -0.4 is 16.0 Å². The monoisotopic (exact) mass is 369 g/mol. The zero-order valence-corrected chi connectivity index (χ0v) is 15.5. The Morgan fingerprint density at radius 2 is 2.11 bits per heavy atom. The molecule has 5 atom stereocenters. The molecule has 6 heteroatoms. The summed E-state index contributed by atoms with van der Waals surface area (Å²) >= 11 is 0. The Morgan fingerprint density at radius 3 is 2.89 bits per heavy atom. The normalized spacial score (nSPS) is 36.8. The predicted molar refractivity (Wildman–Crippen MR) is 101 cm³/mol. The summed E-state index contributed by atoms with van der Waals surface area (Å²) in [6.45, 7) is 1.43. The third kappa shape index (κ3) is 2.90. The van der Waals surface area contributed by atoms with E-state index in [2.05, 4.69) is 16.0 Å². The summed E-state index contributed by atoms with van der Waals surface area (Å²) in [6, 6.07) is 7.68. The molecule has 6 nitrogen and oxygen atoms in total. The average molecular weight is 369 g/mol. The van der Waals surface area contributed by atoms with Gasteiger partial charge in [0.25, 0.3) is 5.91 Å². The molecule has 4 fully saturated rings. The summed E-state index contributed by atoms with van der Waals surface area (Å²) in [5.41, 5.74) is 1.21.